The highest BCUT2D eigenvalue weighted by Crippen LogP contribution is 2.28. The number of furan rings is 1. The summed E-state index contributed by atoms with van der Waals surface area (Å²) in [6, 6.07) is 2.47. The summed E-state index contributed by atoms with van der Waals surface area (Å²) in [6.45, 7) is 7.94. The van der Waals surface area contributed by atoms with Gasteiger partial charge in [0.2, 0.25) is 0 Å². The van der Waals surface area contributed by atoms with E-state index in [1.165, 1.54) is 0 Å². The Morgan fingerprint density at radius 1 is 1.12 bits per heavy atom. The van der Waals surface area contributed by atoms with E-state index in [2.05, 4.69) is 4.90 Å². The second kappa shape index (κ2) is 7.48. The van der Waals surface area contributed by atoms with Crippen LogP contribution in [0.4, 0.5) is 0 Å². The van der Waals surface area contributed by atoms with E-state index in [1.807, 2.05) is 17.9 Å². The molecule has 3 saturated heterocycles. The highest BCUT2D eigenvalue weighted by molar-refractivity contribution is 5.92. The predicted octanol–water partition coefficient (Wildman–Crippen LogP) is 1.93. The lowest BCUT2D eigenvalue weighted by Gasteiger charge is -2.39. The van der Waals surface area contributed by atoms with Crippen molar-refractivity contribution >= 4 is 5.91 Å². The highest BCUT2D eigenvalue weighted by atomic mass is 16.5. The van der Waals surface area contributed by atoms with E-state index in [0.717, 1.165) is 64.3 Å². The van der Waals surface area contributed by atoms with Gasteiger partial charge in [0, 0.05) is 56.9 Å². The van der Waals surface area contributed by atoms with E-state index in [9.17, 15) is 4.79 Å². The zero-order valence-electron chi connectivity index (χ0n) is 15.0. The SMILES string of the molecule is Cc1ccoc1C(=O)N1CC[C@H]2CN(C3CCOCC3)CCO[C@H]2C1. The van der Waals surface area contributed by atoms with E-state index in [-0.39, 0.29) is 12.0 Å². The van der Waals surface area contributed by atoms with E-state index < -0.39 is 0 Å². The summed E-state index contributed by atoms with van der Waals surface area (Å²) in [7, 11) is 0. The Bertz CT molecular complexity index is 596. The molecule has 6 nitrogen and oxygen atoms in total. The Morgan fingerprint density at radius 2 is 1.96 bits per heavy atom. The first kappa shape index (κ1) is 17.1. The van der Waals surface area contributed by atoms with Gasteiger partial charge in [-0.3, -0.25) is 9.69 Å². The predicted molar refractivity (Wildman–Crippen MR) is 92.6 cm³/mol. The smallest absolute Gasteiger partial charge is 0.289 e. The number of ether oxygens (including phenoxy) is 2. The van der Waals surface area contributed by atoms with Crippen LogP contribution in [0.25, 0.3) is 0 Å². The molecule has 2 atom stereocenters. The molecule has 3 aliphatic rings. The van der Waals surface area contributed by atoms with Crippen molar-refractivity contribution in [3.05, 3.63) is 23.7 Å². The molecule has 3 aliphatic heterocycles. The lowest BCUT2D eigenvalue weighted by molar-refractivity contribution is -0.0182. The molecule has 0 radical (unpaired) electrons. The van der Waals surface area contributed by atoms with Gasteiger partial charge in [0.25, 0.3) is 5.91 Å². The van der Waals surface area contributed by atoms with Crippen LogP contribution in [0.5, 0.6) is 0 Å². The molecule has 0 aliphatic carbocycles. The normalized spacial score (nSPS) is 29.2. The van der Waals surface area contributed by atoms with Crippen molar-refractivity contribution in [1.82, 2.24) is 9.80 Å². The number of likely N-dealkylation sites (tertiary alicyclic amines) is 1. The van der Waals surface area contributed by atoms with E-state index in [0.29, 0.717) is 24.3 Å². The molecule has 0 aromatic carbocycles. The van der Waals surface area contributed by atoms with Gasteiger partial charge in [-0.05, 0) is 32.3 Å². The molecule has 0 saturated carbocycles. The maximum absolute atomic E-state index is 12.7. The quantitative estimate of drug-likeness (QED) is 0.817. The van der Waals surface area contributed by atoms with E-state index >= 15 is 0 Å². The van der Waals surface area contributed by atoms with Crippen LogP contribution >= 0.6 is 0 Å². The maximum atomic E-state index is 12.7. The minimum atomic E-state index is -0.00455. The van der Waals surface area contributed by atoms with Crippen LogP contribution in [-0.4, -0.2) is 73.9 Å². The molecule has 6 heteroatoms. The molecule has 1 aromatic rings. The first-order valence-corrected chi connectivity index (χ1v) is 9.49. The standard InChI is InChI=1S/C19H28N2O4/c1-14-3-10-25-18(14)19(22)21-6-2-15-12-20(7-11-24-17(15)13-21)16-4-8-23-9-5-16/h3,10,15-17H,2,4-9,11-13H2,1H3/t15-,17-/m0/s1. The fourth-order valence-corrected chi connectivity index (χ4v) is 4.38. The lowest BCUT2D eigenvalue weighted by Crippen LogP contribution is -2.50. The number of carbonyl (C=O) groups is 1. The van der Waals surface area contributed by atoms with Gasteiger partial charge in [0.1, 0.15) is 0 Å². The van der Waals surface area contributed by atoms with Crippen LogP contribution in [0.3, 0.4) is 0 Å². The number of piperidine rings is 1. The number of amides is 1. The van der Waals surface area contributed by atoms with Gasteiger partial charge in [-0.2, -0.15) is 0 Å². The number of carbonyl (C=O) groups excluding carboxylic acids is 1. The van der Waals surface area contributed by atoms with Crippen molar-refractivity contribution in [1.29, 1.82) is 0 Å². The van der Waals surface area contributed by atoms with Crippen molar-refractivity contribution < 1.29 is 18.7 Å². The molecule has 25 heavy (non-hydrogen) atoms. The molecule has 1 aromatic heterocycles. The van der Waals surface area contributed by atoms with E-state index in [1.54, 1.807) is 6.26 Å². The van der Waals surface area contributed by atoms with Crippen molar-refractivity contribution in [2.45, 2.75) is 38.3 Å². The Hall–Kier alpha value is -1.37. The lowest BCUT2D eigenvalue weighted by atomic mass is 9.92. The number of nitrogens with zero attached hydrogens (tertiary/aromatic N) is 2. The molecule has 3 fully saturated rings. The largest absolute Gasteiger partial charge is 0.459 e. The Labute approximate surface area is 149 Å². The summed E-state index contributed by atoms with van der Waals surface area (Å²) < 4.78 is 17.0. The van der Waals surface area contributed by atoms with Crippen LogP contribution in [0.2, 0.25) is 0 Å². The van der Waals surface area contributed by atoms with Crippen molar-refractivity contribution in [3.63, 3.8) is 0 Å². The summed E-state index contributed by atoms with van der Waals surface area (Å²) in [4.78, 5) is 17.2. The van der Waals surface area contributed by atoms with Crippen molar-refractivity contribution in [3.8, 4) is 0 Å². The minimum absolute atomic E-state index is 0.00455. The number of rotatable bonds is 2. The summed E-state index contributed by atoms with van der Waals surface area (Å²) >= 11 is 0. The van der Waals surface area contributed by atoms with Crippen LogP contribution in [0.1, 0.15) is 35.4 Å². The molecular formula is C19H28N2O4. The Morgan fingerprint density at radius 3 is 2.72 bits per heavy atom. The highest BCUT2D eigenvalue weighted by Gasteiger charge is 2.37. The van der Waals surface area contributed by atoms with Gasteiger partial charge in [-0.15, -0.1) is 0 Å². The van der Waals surface area contributed by atoms with Gasteiger partial charge in [0.15, 0.2) is 5.76 Å². The topological polar surface area (TPSA) is 55.2 Å². The number of hydrogen-bond acceptors (Lipinski definition) is 5. The summed E-state index contributed by atoms with van der Waals surface area (Å²) in [5.74, 6) is 0.970. The second-order valence-corrected chi connectivity index (χ2v) is 7.48. The average Bonchev–Trinajstić information content (AvgIpc) is 2.96. The number of hydrogen-bond donors (Lipinski definition) is 0. The molecule has 1 amide bonds. The molecule has 4 rings (SSSR count). The third-order valence-corrected chi connectivity index (χ3v) is 5.93. The third kappa shape index (κ3) is 3.61. The monoisotopic (exact) mass is 348 g/mol. The molecular weight excluding hydrogens is 320 g/mol. The van der Waals surface area contributed by atoms with Crippen molar-refractivity contribution in [2.24, 2.45) is 5.92 Å². The van der Waals surface area contributed by atoms with Crippen LogP contribution < -0.4 is 0 Å². The average molecular weight is 348 g/mol. The molecule has 138 valence electrons. The zero-order valence-corrected chi connectivity index (χ0v) is 15.0. The molecule has 0 spiro atoms. The summed E-state index contributed by atoms with van der Waals surface area (Å²) in [5.41, 5.74) is 0.902. The fourth-order valence-electron chi connectivity index (χ4n) is 4.38. The van der Waals surface area contributed by atoms with Crippen LogP contribution in [-0.2, 0) is 9.47 Å². The van der Waals surface area contributed by atoms with Gasteiger partial charge >= 0.3 is 0 Å². The molecule has 0 unspecified atom stereocenters. The molecule has 0 bridgehead atoms. The van der Waals surface area contributed by atoms with Gasteiger partial charge in [0.05, 0.1) is 19.0 Å². The van der Waals surface area contributed by atoms with Crippen LogP contribution in [0, 0.1) is 12.8 Å². The second-order valence-electron chi connectivity index (χ2n) is 7.48. The van der Waals surface area contributed by atoms with E-state index in [4.69, 9.17) is 13.9 Å². The fraction of sp³-hybridized carbons (Fsp3) is 0.737. The molecule has 0 N–H and O–H groups in total. The van der Waals surface area contributed by atoms with Gasteiger partial charge < -0.3 is 18.8 Å². The zero-order chi connectivity index (χ0) is 17.2. The Balaban J connectivity index is 1.39. The summed E-state index contributed by atoms with van der Waals surface area (Å²) in [5, 5.41) is 0. The summed E-state index contributed by atoms with van der Waals surface area (Å²) in [6.07, 6.45) is 4.97. The first-order chi connectivity index (χ1) is 12.2. The Kier molecular flexibility index (Phi) is 5.10. The van der Waals surface area contributed by atoms with Gasteiger partial charge in [-0.25, -0.2) is 0 Å². The first-order valence-electron chi connectivity index (χ1n) is 9.49. The maximum Gasteiger partial charge on any atom is 0.289 e. The molecule has 4 heterocycles. The van der Waals surface area contributed by atoms with Crippen LogP contribution in [0.15, 0.2) is 16.7 Å². The number of aryl methyl sites for hydroxylation is 1. The minimum Gasteiger partial charge on any atom is -0.459 e. The number of fused-ring (bicyclic) bond motifs is 1. The third-order valence-electron chi connectivity index (χ3n) is 5.93. The van der Waals surface area contributed by atoms with Crippen molar-refractivity contribution in [2.75, 3.05) is 46.0 Å². The van der Waals surface area contributed by atoms with Gasteiger partial charge in [-0.1, -0.05) is 0 Å².